The molecule has 1 aliphatic rings. The van der Waals surface area contributed by atoms with Crippen LogP contribution in [0.5, 0.6) is 0 Å². The predicted octanol–water partition coefficient (Wildman–Crippen LogP) is 4.16. The molecule has 0 fully saturated rings. The molecule has 0 radical (unpaired) electrons. The van der Waals surface area contributed by atoms with Crippen molar-refractivity contribution in [1.82, 2.24) is 5.32 Å². The second-order valence-corrected chi connectivity index (χ2v) is 6.73. The molecule has 19 heavy (non-hydrogen) atoms. The van der Waals surface area contributed by atoms with Gasteiger partial charge in [0.05, 0.1) is 0 Å². The van der Waals surface area contributed by atoms with Crippen molar-refractivity contribution in [3.8, 4) is 0 Å². The quantitative estimate of drug-likeness (QED) is 0.875. The lowest BCUT2D eigenvalue weighted by atomic mass is 9.99. The Morgan fingerprint density at radius 1 is 1.32 bits per heavy atom. The molecule has 1 aliphatic heterocycles. The summed E-state index contributed by atoms with van der Waals surface area (Å²) >= 11 is 5.28. The number of thiophene rings is 1. The molecular formula is C15H17BrN2S. The Balaban J connectivity index is 1.64. The van der Waals surface area contributed by atoms with Crippen LogP contribution in [0.2, 0.25) is 0 Å². The van der Waals surface area contributed by atoms with Crippen molar-refractivity contribution in [2.45, 2.75) is 25.9 Å². The Hall–Kier alpha value is -0.840. The molecule has 0 amide bonds. The third-order valence-electron chi connectivity index (χ3n) is 3.40. The van der Waals surface area contributed by atoms with E-state index in [4.69, 9.17) is 0 Å². The Morgan fingerprint density at radius 3 is 3.11 bits per heavy atom. The average Bonchev–Trinajstić information content (AvgIpc) is 2.85. The Morgan fingerprint density at radius 2 is 2.26 bits per heavy atom. The van der Waals surface area contributed by atoms with Gasteiger partial charge in [-0.15, -0.1) is 11.3 Å². The third-order valence-corrected chi connectivity index (χ3v) is 5.10. The molecule has 0 bridgehead atoms. The summed E-state index contributed by atoms with van der Waals surface area (Å²) in [7, 11) is 0. The largest absolute Gasteiger partial charge is 0.385 e. The van der Waals surface area contributed by atoms with Gasteiger partial charge in [0.25, 0.3) is 0 Å². The summed E-state index contributed by atoms with van der Waals surface area (Å²) in [5.41, 5.74) is 4.20. The summed E-state index contributed by atoms with van der Waals surface area (Å²) in [6.07, 6.45) is 2.45. The zero-order valence-corrected chi connectivity index (χ0v) is 13.1. The fourth-order valence-corrected chi connectivity index (χ4v) is 3.92. The van der Waals surface area contributed by atoms with Gasteiger partial charge in [-0.05, 0) is 46.0 Å². The molecule has 1 aromatic heterocycles. The Kier molecular flexibility index (Phi) is 4.21. The lowest BCUT2D eigenvalue weighted by Crippen LogP contribution is -2.17. The average molecular weight is 337 g/mol. The summed E-state index contributed by atoms with van der Waals surface area (Å²) in [6, 6.07) is 8.80. The van der Waals surface area contributed by atoms with E-state index in [-0.39, 0.29) is 0 Å². The second kappa shape index (κ2) is 6.07. The van der Waals surface area contributed by atoms with Crippen molar-refractivity contribution in [3.63, 3.8) is 0 Å². The number of halogens is 1. The molecule has 0 unspecified atom stereocenters. The van der Waals surface area contributed by atoms with E-state index in [1.54, 1.807) is 11.3 Å². The summed E-state index contributed by atoms with van der Waals surface area (Å²) in [6.45, 7) is 2.95. The molecule has 100 valence electrons. The molecule has 2 aromatic rings. The highest BCUT2D eigenvalue weighted by atomic mass is 79.9. The lowest BCUT2D eigenvalue weighted by molar-refractivity contribution is 0.697. The van der Waals surface area contributed by atoms with Crippen LogP contribution in [0.1, 0.15) is 22.4 Å². The van der Waals surface area contributed by atoms with Crippen LogP contribution in [0.15, 0.2) is 34.1 Å². The van der Waals surface area contributed by atoms with Crippen molar-refractivity contribution >= 4 is 33.0 Å². The van der Waals surface area contributed by atoms with Crippen molar-refractivity contribution in [3.05, 3.63) is 50.1 Å². The van der Waals surface area contributed by atoms with E-state index >= 15 is 0 Å². The van der Waals surface area contributed by atoms with Crippen molar-refractivity contribution in [2.75, 3.05) is 11.9 Å². The highest BCUT2D eigenvalue weighted by Crippen LogP contribution is 2.26. The minimum absolute atomic E-state index is 0.922. The van der Waals surface area contributed by atoms with E-state index < -0.39 is 0 Å². The van der Waals surface area contributed by atoms with Gasteiger partial charge < -0.3 is 10.6 Å². The molecule has 1 aromatic carbocycles. The van der Waals surface area contributed by atoms with Crippen LogP contribution in [0.3, 0.4) is 0 Å². The van der Waals surface area contributed by atoms with E-state index in [0.717, 1.165) is 19.6 Å². The van der Waals surface area contributed by atoms with E-state index in [9.17, 15) is 0 Å². The highest BCUT2D eigenvalue weighted by molar-refractivity contribution is 9.10. The molecule has 2 N–H and O–H groups in total. The lowest BCUT2D eigenvalue weighted by Gasteiger charge is -2.21. The van der Waals surface area contributed by atoms with Gasteiger partial charge in [0, 0.05) is 40.1 Å². The zero-order chi connectivity index (χ0) is 13.1. The number of nitrogens with one attached hydrogen (secondary N) is 2. The molecular weight excluding hydrogens is 320 g/mol. The fraction of sp³-hybridized carbons (Fsp3) is 0.333. The standard InChI is InChI=1S/C15H17BrN2S/c16-13-7-14(19-10-13)9-17-8-12-4-1-3-11-5-2-6-18-15(11)12/h1,3-4,7,10,17-18H,2,5-6,8-9H2. The number of aryl methyl sites for hydroxylation is 1. The van der Waals surface area contributed by atoms with Crippen LogP contribution in [0, 0.1) is 0 Å². The van der Waals surface area contributed by atoms with Gasteiger partial charge in [0.2, 0.25) is 0 Å². The van der Waals surface area contributed by atoms with Gasteiger partial charge in [-0.3, -0.25) is 0 Å². The van der Waals surface area contributed by atoms with Gasteiger partial charge in [-0.1, -0.05) is 18.2 Å². The van der Waals surface area contributed by atoms with Gasteiger partial charge >= 0.3 is 0 Å². The highest BCUT2D eigenvalue weighted by Gasteiger charge is 2.11. The van der Waals surface area contributed by atoms with Crippen LogP contribution in [0.4, 0.5) is 5.69 Å². The SMILES string of the molecule is Brc1csc(CNCc2cccc3c2NCCC3)c1. The molecule has 0 spiro atoms. The monoisotopic (exact) mass is 336 g/mol. The maximum atomic E-state index is 3.54. The minimum Gasteiger partial charge on any atom is -0.385 e. The predicted molar refractivity (Wildman–Crippen MR) is 85.8 cm³/mol. The number of para-hydroxylation sites is 1. The Labute approximate surface area is 126 Å². The van der Waals surface area contributed by atoms with Crippen LogP contribution in [0.25, 0.3) is 0 Å². The van der Waals surface area contributed by atoms with Crippen molar-refractivity contribution < 1.29 is 0 Å². The first kappa shape index (κ1) is 13.2. The minimum atomic E-state index is 0.922. The smallest absolute Gasteiger partial charge is 0.0418 e. The summed E-state index contributed by atoms with van der Waals surface area (Å²) in [4.78, 5) is 1.37. The topological polar surface area (TPSA) is 24.1 Å². The third kappa shape index (κ3) is 3.19. The number of benzene rings is 1. The van der Waals surface area contributed by atoms with Gasteiger partial charge in [0.15, 0.2) is 0 Å². The number of rotatable bonds is 4. The molecule has 2 nitrogen and oxygen atoms in total. The van der Waals surface area contributed by atoms with Crippen LogP contribution in [-0.4, -0.2) is 6.54 Å². The first-order valence-corrected chi connectivity index (χ1v) is 8.28. The van der Waals surface area contributed by atoms with E-state index in [1.165, 1.54) is 39.0 Å². The number of anilines is 1. The van der Waals surface area contributed by atoms with E-state index in [2.05, 4.69) is 56.2 Å². The second-order valence-electron chi connectivity index (χ2n) is 4.82. The van der Waals surface area contributed by atoms with Crippen molar-refractivity contribution in [1.29, 1.82) is 0 Å². The summed E-state index contributed by atoms with van der Waals surface area (Å²) < 4.78 is 1.17. The van der Waals surface area contributed by atoms with E-state index in [0.29, 0.717) is 0 Å². The van der Waals surface area contributed by atoms with Crippen LogP contribution in [-0.2, 0) is 19.5 Å². The van der Waals surface area contributed by atoms with Crippen LogP contribution >= 0.6 is 27.3 Å². The normalized spacial score (nSPS) is 13.9. The molecule has 3 rings (SSSR count). The zero-order valence-electron chi connectivity index (χ0n) is 10.7. The molecule has 0 aliphatic carbocycles. The van der Waals surface area contributed by atoms with Crippen molar-refractivity contribution in [2.24, 2.45) is 0 Å². The number of hydrogen-bond donors (Lipinski definition) is 2. The Bertz CT molecular complexity index is 565. The van der Waals surface area contributed by atoms with Gasteiger partial charge in [-0.25, -0.2) is 0 Å². The molecule has 4 heteroatoms. The van der Waals surface area contributed by atoms with Gasteiger partial charge in [-0.2, -0.15) is 0 Å². The summed E-state index contributed by atoms with van der Waals surface area (Å²) in [5, 5.41) is 9.20. The number of hydrogen-bond acceptors (Lipinski definition) is 3. The van der Waals surface area contributed by atoms with Gasteiger partial charge in [0.1, 0.15) is 0 Å². The maximum Gasteiger partial charge on any atom is 0.0418 e. The fourth-order valence-electron chi connectivity index (χ4n) is 2.50. The molecule has 0 saturated carbocycles. The first-order valence-electron chi connectivity index (χ1n) is 6.61. The molecule has 0 atom stereocenters. The maximum absolute atomic E-state index is 3.54. The molecule has 2 heterocycles. The first-order chi connectivity index (χ1) is 9.33. The number of fused-ring (bicyclic) bond motifs is 1. The molecule has 0 saturated heterocycles. The van der Waals surface area contributed by atoms with Crippen LogP contribution < -0.4 is 10.6 Å². The van der Waals surface area contributed by atoms with E-state index in [1.807, 2.05) is 0 Å². The summed E-state index contributed by atoms with van der Waals surface area (Å²) in [5.74, 6) is 0.